The van der Waals surface area contributed by atoms with Gasteiger partial charge in [-0.3, -0.25) is 4.79 Å². The lowest BCUT2D eigenvalue weighted by molar-refractivity contribution is -0.308. The number of para-hydroxylation sites is 3. The third-order valence-electron chi connectivity index (χ3n) is 5.82. The van der Waals surface area contributed by atoms with Crippen LogP contribution in [0, 0.1) is 5.92 Å². The molecule has 1 aliphatic rings. The van der Waals surface area contributed by atoms with Crippen LogP contribution >= 0.6 is 0 Å². The van der Waals surface area contributed by atoms with Crippen molar-refractivity contribution in [3.8, 4) is 5.75 Å². The molecule has 1 aromatic heterocycles. The van der Waals surface area contributed by atoms with Gasteiger partial charge in [-0.25, -0.2) is 4.98 Å². The molecule has 2 unspecified atom stereocenters. The van der Waals surface area contributed by atoms with Crippen LogP contribution in [0.2, 0.25) is 0 Å². The molecule has 33 heavy (non-hydrogen) atoms. The van der Waals surface area contributed by atoms with Crippen LogP contribution in [-0.2, 0) is 10.2 Å². The zero-order valence-corrected chi connectivity index (χ0v) is 17.3. The second-order valence-corrected chi connectivity index (χ2v) is 7.79. The zero-order chi connectivity index (χ0) is 23.0. The molecule has 1 aliphatic carbocycles. The molecule has 0 saturated heterocycles. The zero-order valence-electron chi connectivity index (χ0n) is 17.3. The first-order valence-electron chi connectivity index (χ1n) is 10.4. The molecule has 0 spiro atoms. The number of benzene rings is 3. The molecule has 4 aromatic rings. The fraction of sp³-hybridized carbons (Fsp3) is 0.0741. The van der Waals surface area contributed by atoms with E-state index in [0.717, 1.165) is 0 Å². The number of fused-ring (bicyclic) bond motifs is 1. The fourth-order valence-corrected chi connectivity index (χ4v) is 4.19. The molecule has 162 valence electrons. The van der Waals surface area contributed by atoms with Crippen molar-refractivity contribution in [2.24, 2.45) is 5.92 Å². The Hall–Kier alpha value is -4.45. The van der Waals surface area contributed by atoms with Crippen molar-refractivity contribution in [3.63, 3.8) is 0 Å². The topological polar surface area (TPSA) is 103 Å². The van der Waals surface area contributed by atoms with Crippen LogP contribution in [-0.4, -0.2) is 21.8 Å². The van der Waals surface area contributed by atoms with Crippen LogP contribution < -0.4 is 5.11 Å². The molecule has 0 aliphatic heterocycles. The predicted molar refractivity (Wildman–Crippen MR) is 120 cm³/mol. The largest absolute Gasteiger partial charge is 0.549 e. The fourth-order valence-electron chi connectivity index (χ4n) is 4.19. The summed E-state index contributed by atoms with van der Waals surface area (Å²) in [7, 11) is 0. The number of carboxylic acid groups (broad SMARTS) is 1. The van der Waals surface area contributed by atoms with Crippen molar-refractivity contribution in [1.29, 1.82) is 0 Å². The number of hydrogen-bond acceptors (Lipinski definition) is 6. The summed E-state index contributed by atoms with van der Waals surface area (Å²) in [6, 6.07) is 22.2. The lowest BCUT2D eigenvalue weighted by atomic mass is 9.67. The quantitative estimate of drug-likeness (QED) is 0.378. The van der Waals surface area contributed by atoms with Crippen LogP contribution in [0.4, 0.5) is 0 Å². The summed E-state index contributed by atoms with van der Waals surface area (Å²) < 4.78 is 6.07. The number of carboxylic acids is 1. The first kappa shape index (κ1) is 20.5. The molecule has 0 saturated carbocycles. The number of aromatic nitrogens is 1. The summed E-state index contributed by atoms with van der Waals surface area (Å²) in [6.07, 6.45) is 4.31. The highest BCUT2D eigenvalue weighted by molar-refractivity contribution is 6.15. The van der Waals surface area contributed by atoms with Gasteiger partial charge in [-0.15, -0.1) is 0 Å². The van der Waals surface area contributed by atoms with Gasteiger partial charge in [-0.1, -0.05) is 78.9 Å². The first-order valence-corrected chi connectivity index (χ1v) is 10.4. The number of aromatic hydroxyl groups is 1. The van der Waals surface area contributed by atoms with E-state index in [2.05, 4.69) is 4.98 Å². The Kier molecular flexibility index (Phi) is 4.90. The van der Waals surface area contributed by atoms with Crippen molar-refractivity contribution < 1.29 is 24.2 Å². The lowest BCUT2D eigenvalue weighted by Crippen LogP contribution is -2.40. The number of oxazole rings is 1. The molecule has 6 heteroatoms. The molecule has 0 fully saturated rings. The minimum atomic E-state index is -1.61. The highest BCUT2D eigenvalue weighted by Crippen LogP contribution is 2.48. The predicted octanol–water partition coefficient (Wildman–Crippen LogP) is 3.67. The van der Waals surface area contributed by atoms with Gasteiger partial charge in [0, 0.05) is 17.0 Å². The van der Waals surface area contributed by atoms with Gasteiger partial charge in [0.1, 0.15) is 11.3 Å². The number of carbonyl (C=O) groups is 2. The van der Waals surface area contributed by atoms with E-state index < -0.39 is 17.3 Å². The SMILES string of the molecule is O=C([O-])C1C=CC(C(=O)c2ccccc2)(c2nc3ccccc3o2)C(c2ccccc2O)=C1. The molecule has 1 heterocycles. The minimum Gasteiger partial charge on any atom is -0.549 e. The maximum absolute atomic E-state index is 14.1. The number of Topliss-reactive ketones (excluding diaryl/α,β-unsaturated/α-hetero) is 1. The third kappa shape index (κ3) is 3.32. The van der Waals surface area contributed by atoms with Crippen LogP contribution in [0.25, 0.3) is 16.7 Å². The van der Waals surface area contributed by atoms with Gasteiger partial charge in [0.25, 0.3) is 0 Å². The van der Waals surface area contributed by atoms with Crippen molar-refractivity contribution in [2.75, 3.05) is 0 Å². The van der Waals surface area contributed by atoms with Crippen LogP contribution in [0.15, 0.2) is 102 Å². The minimum absolute atomic E-state index is 0.0834. The Labute approximate surface area is 189 Å². The van der Waals surface area contributed by atoms with Crippen LogP contribution in [0.3, 0.4) is 0 Å². The molecule has 0 amide bonds. The highest BCUT2D eigenvalue weighted by Gasteiger charge is 2.49. The normalized spacial score (nSPS) is 19.9. The van der Waals surface area contributed by atoms with Gasteiger partial charge < -0.3 is 19.4 Å². The number of hydrogen-bond donors (Lipinski definition) is 1. The van der Waals surface area contributed by atoms with Crippen LogP contribution in [0.5, 0.6) is 5.75 Å². The molecule has 2 atom stereocenters. The molecular formula is C27H18NO5-. The maximum Gasteiger partial charge on any atom is 0.218 e. The van der Waals surface area contributed by atoms with E-state index in [4.69, 9.17) is 4.42 Å². The van der Waals surface area contributed by atoms with E-state index in [0.29, 0.717) is 22.2 Å². The molecule has 0 radical (unpaired) electrons. The Morgan fingerprint density at radius 2 is 1.64 bits per heavy atom. The number of allylic oxidation sites excluding steroid dienone is 2. The van der Waals surface area contributed by atoms with Crippen molar-refractivity contribution in [2.45, 2.75) is 5.41 Å². The molecule has 6 nitrogen and oxygen atoms in total. The summed E-state index contributed by atoms with van der Waals surface area (Å²) in [4.78, 5) is 30.5. The molecule has 1 N–H and O–H groups in total. The maximum atomic E-state index is 14.1. The Balaban J connectivity index is 1.84. The van der Waals surface area contributed by atoms with Crippen molar-refractivity contribution >= 4 is 28.4 Å². The van der Waals surface area contributed by atoms with E-state index in [9.17, 15) is 19.8 Å². The summed E-state index contributed by atoms with van der Waals surface area (Å²) in [5.41, 5.74) is 0.389. The number of phenols is 1. The van der Waals surface area contributed by atoms with E-state index in [1.807, 2.05) is 6.07 Å². The lowest BCUT2D eigenvalue weighted by Gasteiger charge is -2.34. The monoisotopic (exact) mass is 436 g/mol. The second-order valence-electron chi connectivity index (χ2n) is 7.79. The Morgan fingerprint density at radius 3 is 2.36 bits per heavy atom. The van der Waals surface area contributed by atoms with Crippen LogP contribution in [0.1, 0.15) is 21.8 Å². The van der Waals surface area contributed by atoms with Crippen molar-refractivity contribution in [1.82, 2.24) is 4.98 Å². The van der Waals surface area contributed by atoms with E-state index in [1.54, 1.807) is 66.7 Å². The van der Waals surface area contributed by atoms with Gasteiger partial charge in [0.05, 0.1) is 5.97 Å². The smallest absolute Gasteiger partial charge is 0.218 e. The number of ketones is 1. The number of nitrogens with zero attached hydrogens (tertiary/aromatic N) is 1. The van der Waals surface area contributed by atoms with Gasteiger partial charge in [-0.2, -0.15) is 0 Å². The van der Waals surface area contributed by atoms with Gasteiger partial charge in [-0.05, 0) is 23.8 Å². The van der Waals surface area contributed by atoms with E-state index in [1.165, 1.54) is 24.3 Å². The van der Waals surface area contributed by atoms with E-state index in [-0.39, 0.29) is 23.0 Å². The third-order valence-corrected chi connectivity index (χ3v) is 5.82. The number of carbonyl (C=O) groups excluding carboxylic acids is 2. The van der Waals surface area contributed by atoms with E-state index >= 15 is 0 Å². The van der Waals surface area contributed by atoms with Gasteiger partial charge in [0.2, 0.25) is 5.89 Å². The number of rotatable bonds is 5. The molecule has 3 aromatic carbocycles. The summed E-state index contributed by atoms with van der Waals surface area (Å²) in [5, 5.41) is 22.4. The first-order chi connectivity index (χ1) is 16.0. The highest BCUT2D eigenvalue weighted by atomic mass is 16.4. The molecule has 0 bridgehead atoms. The van der Waals surface area contributed by atoms with Gasteiger partial charge >= 0.3 is 0 Å². The second kappa shape index (κ2) is 7.91. The average Bonchev–Trinajstić information content (AvgIpc) is 3.29. The number of phenolic OH excluding ortho intramolecular Hbond substituents is 1. The summed E-state index contributed by atoms with van der Waals surface area (Å²) in [5.74, 6) is -2.80. The number of aliphatic carboxylic acids is 1. The van der Waals surface area contributed by atoms with Crippen molar-refractivity contribution in [3.05, 3.63) is 114 Å². The van der Waals surface area contributed by atoms with Gasteiger partial charge in [0.15, 0.2) is 16.8 Å². The molecular weight excluding hydrogens is 418 g/mol. The summed E-state index contributed by atoms with van der Waals surface area (Å²) in [6.45, 7) is 0. The summed E-state index contributed by atoms with van der Waals surface area (Å²) >= 11 is 0. The Morgan fingerprint density at radius 1 is 0.939 bits per heavy atom. The Bertz CT molecular complexity index is 1400. The standard InChI is InChI=1S/C27H19NO5/c29-22-12-6-4-10-19(22)20-16-18(25(31)32)14-15-27(20,24(30)17-8-2-1-3-9-17)26-28-21-11-5-7-13-23(21)33-26/h1-16,18,29H,(H,31,32)/p-1. The average molecular weight is 436 g/mol. The molecule has 5 rings (SSSR count).